The van der Waals surface area contributed by atoms with E-state index in [0.717, 1.165) is 20.8 Å². The molecule has 1 aliphatic rings. The maximum atomic E-state index is 12.5. The van der Waals surface area contributed by atoms with Crippen LogP contribution in [0, 0.1) is 0 Å². The molecule has 0 spiro atoms. The summed E-state index contributed by atoms with van der Waals surface area (Å²) in [6.45, 7) is 0.861. The fourth-order valence-electron chi connectivity index (χ4n) is 2.95. The number of ketones is 2. The SMILES string of the molecule is CC(=O)OC1(C(C)=O)O[C@H](CO)[C@@H](O)[C@H](O)[C@@]1(NC(=O)CN=[N+]=[N-])C(C)=O. The first kappa shape index (κ1) is 22.5. The van der Waals surface area contributed by atoms with Crippen molar-refractivity contribution in [1.82, 2.24) is 5.32 Å². The number of amides is 1. The molecule has 13 nitrogen and oxygen atoms in total. The number of carbonyl (C=O) groups is 4. The van der Waals surface area contributed by atoms with Gasteiger partial charge in [-0.15, -0.1) is 0 Å². The number of carbonyl (C=O) groups excluding carboxylic acids is 4. The van der Waals surface area contributed by atoms with E-state index in [4.69, 9.17) is 15.0 Å². The van der Waals surface area contributed by atoms with Gasteiger partial charge in [0, 0.05) is 18.8 Å². The fraction of sp³-hybridized carbons (Fsp3) is 0.714. The van der Waals surface area contributed by atoms with Crippen molar-refractivity contribution in [3.8, 4) is 0 Å². The lowest BCUT2D eigenvalue weighted by Crippen LogP contribution is -2.84. The molecule has 1 fully saturated rings. The molecule has 0 radical (unpaired) electrons. The van der Waals surface area contributed by atoms with E-state index in [9.17, 15) is 34.5 Å². The summed E-state index contributed by atoms with van der Waals surface area (Å²) in [4.78, 5) is 51.0. The molecule has 0 aromatic heterocycles. The van der Waals surface area contributed by atoms with Gasteiger partial charge in [-0.2, -0.15) is 0 Å². The van der Waals surface area contributed by atoms with E-state index >= 15 is 0 Å². The van der Waals surface area contributed by atoms with Crippen LogP contribution in [0.25, 0.3) is 10.4 Å². The molecule has 150 valence electrons. The third-order valence-corrected chi connectivity index (χ3v) is 4.08. The number of Topliss-reactive ketones (excluding diaryl/α,β-unsaturated/α-hetero) is 2. The van der Waals surface area contributed by atoms with Gasteiger partial charge in [-0.3, -0.25) is 19.2 Å². The summed E-state index contributed by atoms with van der Waals surface area (Å²) in [5.41, 5.74) is 5.54. The maximum absolute atomic E-state index is 12.5. The Kier molecular flexibility index (Phi) is 7.00. The number of azide groups is 1. The normalized spacial score (nSPS) is 32.7. The van der Waals surface area contributed by atoms with Crippen molar-refractivity contribution in [3.05, 3.63) is 10.4 Å². The molecule has 13 heteroatoms. The highest BCUT2D eigenvalue weighted by molar-refractivity contribution is 6.02. The minimum Gasteiger partial charge on any atom is -0.422 e. The molecule has 1 aliphatic heterocycles. The lowest BCUT2D eigenvalue weighted by atomic mass is 9.72. The molecule has 1 saturated heterocycles. The Morgan fingerprint density at radius 3 is 2.22 bits per heavy atom. The first-order valence-electron chi connectivity index (χ1n) is 7.68. The van der Waals surface area contributed by atoms with Crippen molar-refractivity contribution in [3.63, 3.8) is 0 Å². The topological polar surface area (TPSA) is 208 Å². The summed E-state index contributed by atoms with van der Waals surface area (Å²) in [5, 5.41) is 35.2. The van der Waals surface area contributed by atoms with Gasteiger partial charge in [0.05, 0.1) is 6.61 Å². The minimum atomic E-state index is -2.89. The van der Waals surface area contributed by atoms with Crippen LogP contribution < -0.4 is 5.32 Å². The molecule has 0 aliphatic carbocycles. The van der Waals surface area contributed by atoms with Crippen LogP contribution in [-0.2, 0) is 28.7 Å². The summed E-state index contributed by atoms with van der Waals surface area (Å²) in [5.74, 6) is -7.33. The van der Waals surface area contributed by atoms with Crippen molar-refractivity contribution in [2.75, 3.05) is 13.2 Å². The summed E-state index contributed by atoms with van der Waals surface area (Å²) in [7, 11) is 0. The van der Waals surface area contributed by atoms with Crippen molar-refractivity contribution >= 4 is 23.4 Å². The van der Waals surface area contributed by atoms with Gasteiger partial charge in [-0.25, -0.2) is 0 Å². The van der Waals surface area contributed by atoms with Gasteiger partial charge in [0.15, 0.2) is 5.78 Å². The van der Waals surface area contributed by atoms with Crippen LogP contribution in [0.4, 0.5) is 0 Å². The highest BCUT2D eigenvalue weighted by atomic mass is 16.7. The quantitative estimate of drug-likeness (QED) is 0.160. The summed E-state index contributed by atoms with van der Waals surface area (Å²) >= 11 is 0. The highest BCUT2D eigenvalue weighted by Crippen LogP contribution is 2.41. The van der Waals surface area contributed by atoms with Crippen LogP contribution in [0.1, 0.15) is 20.8 Å². The zero-order chi connectivity index (χ0) is 21.0. The average molecular weight is 388 g/mol. The number of esters is 1. The van der Waals surface area contributed by atoms with Crippen LogP contribution in [0.3, 0.4) is 0 Å². The van der Waals surface area contributed by atoms with E-state index in [1.54, 1.807) is 0 Å². The second-order valence-corrected chi connectivity index (χ2v) is 5.84. The number of aliphatic hydroxyl groups excluding tert-OH is 3. The third kappa shape index (κ3) is 3.77. The molecular weight excluding hydrogens is 368 g/mol. The summed E-state index contributed by atoms with van der Waals surface area (Å²) in [6.07, 6.45) is -5.79. The Hall–Kier alpha value is -2.57. The largest absolute Gasteiger partial charge is 0.422 e. The van der Waals surface area contributed by atoms with Gasteiger partial charge in [-0.1, -0.05) is 5.11 Å². The van der Waals surface area contributed by atoms with Crippen molar-refractivity contribution in [2.45, 2.75) is 50.4 Å². The van der Waals surface area contributed by atoms with E-state index in [-0.39, 0.29) is 0 Å². The van der Waals surface area contributed by atoms with E-state index in [0.29, 0.717) is 0 Å². The predicted molar refractivity (Wildman–Crippen MR) is 84.7 cm³/mol. The molecule has 4 N–H and O–H groups in total. The number of ether oxygens (including phenoxy) is 2. The number of hydrogen-bond donors (Lipinski definition) is 4. The molecule has 1 rings (SSSR count). The highest BCUT2D eigenvalue weighted by Gasteiger charge is 2.72. The number of nitrogens with zero attached hydrogens (tertiary/aromatic N) is 3. The standard InChI is InChI=1S/C14H20N4O9/c1-6(20)13(17-10(23)4-16-18-15)12(25)11(24)9(5-19)27-14(13,7(2)21)26-8(3)22/h9,11-12,19,24-25H,4-5H2,1-3H3,(H,17,23)/t9-,11-,12+,13+,14?/m1/s1. The van der Waals surface area contributed by atoms with Crippen molar-refractivity contribution in [2.24, 2.45) is 5.11 Å². The molecule has 5 atom stereocenters. The first-order valence-corrected chi connectivity index (χ1v) is 7.68. The molecule has 1 amide bonds. The van der Waals surface area contributed by atoms with Gasteiger partial charge in [0.25, 0.3) is 0 Å². The van der Waals surface area contributed by atoms with Crippen LogP contribution >= 0.6 is 0 Å². The molecule has 1 heterocycles. The minimum absolute atomic E-state index is 0.828. The Labute approximate surface area is 152 Å². The Morgan fingerprint density at radius 1 is 1.22 bits per heavy atom. The maximum Gasteiger partial charge on any atom is 0.306 e. The van der Waals surface area contributed by atoms with Gasteiger partial charge in [0.2, 0.25) is 17.2 Å². The average Bonchev–Trinajstić information content (AvgIpc) is 2.58. The van der Waals surface area contributed by atoms with E-state index in [1.165, 1.54) is 0 Å². The lowest BCUT2D eigenvalue weighted by molar-refractivity contribution is -0.323. The van der Waals surface area contributed by atoms with Gasteiger partial charge >= 0.3 is 11.8 Å². The molecule has 0 aromatic rings. The summed E-state index contributed by atoms with van der Waals surface area (Å²) < 4.78 is 10.2. The number of aliphatic hydroxyl groups is 3. The monoisotopic (exact) mass is 388 g/mol. The third-order valence-electron chi connectivity index (χ3n) is 4.08. The molecular formula is C14H20N4O9. The second kappa shape index (κ2) is 8.41. The van der Waals surface area contributed by atoms with E-state index in [1.807, 2.05) is 5.32 Å². The fourth-order valence-corrected chi connectivity index (χ4v) is 2.95. The molecule has 0 bridgehead atoms. The zero-order valence-electron chi connectivity index (χ0n) is 14.8. The predicted octanol–water partition coefficient (Wildman–Crippen LogP) is -2.30. The number of hydrogen-bond acceptors (Lipinski definition) is 10. The van der Waals surface area contributed by atoms with Crippen LogP contribution in [-0.4, -0.2) is 81.6 Å². The van der Waals surface area contributed by atoms with E-state index in [2.05, 4.69) is 10.0 Å². The van der Waals surface area contributed by atoms with Crippen LogP contribution in [0.5, 0.6) is 0 Å². The molecule has 27 heavy (non-hydrogen) atoms. The Bertz CT molecular complexity index is 692. The Balaban J connectivity index is 3.72. The zero-order valence-corrected chi connectivity index (χ0v) is 14.8. The van der Waals surface area contributed by atoms with Gasteiger partial charge < -0.3 is 30.1 Å². The lowest BCUT2D eigenvalue weighted by Gasteiger charge is -2.54. The van der Waals surface area contributed by atoms with E-state index < -0.39 is 66.2 Å². The summed E-state index contributed by atoms with van der Waals surface area (Å²) in [6, 6.07) is 0. The first-order chi connectivity index (χ1) is 12.5. The van der Waals surface area contributed by atoms with Crippen LogP contribution in [0.15, 0.2) is 5.11 Å². The van der Waals surface area contributed by atoms with Gasteiger partial charge in [0.1, 0.15) is 24.9 Å². The molecule has 1 unspecified atom stereocenters. The number of rotatable bonds is 7. The molecule has 0 aromatic carbocycles. The van der Waals surface area contributed by atoms with Crippen molar-refractivity contribution in [1.29, 1.82) is 0 Å². The van der Waals surface area contributed by atoms with Gasteiger partial charge in [-0.05, 0) is 12.5 Å². The Morgan fingerprint density at radius 2 is 1.81 bits per heavy atom. The molecule has 0 saturated carbocycles. The smallest absolute Gasteiger partial charge is 0.306 e. The second-order valence-electron chi connectivity index (χ2n) is 5.84. The van der Waals surface area contributed by atoms with Crippen molar-refractivity contribution < 1.29 is 44.0 Å². The van der Waals surface area contributed by atoms with Crippen LogP contribution in [0.2, 0.25) is 0 Å². The number of nitrogens with one attached hydrogen (secondary N) is 1.